The average molecular weight is 308 g/mol. The summed E-state index contributed by atoms with van der Waals surface area (Å²) >= 11 is 0. The van der Waals surface area contributed by atoms with Crippen LogP contribution in [0, 0.1) is 13.8 Å². The molecule has 0 aliphatic heterocycles. The molecule has 0 fully saturated rings. The van der Waals surface area contributed by atoms with Crippen LogP contribution in [-0.2, 0) is 23.1 Å². The van der Waals surface area contributed by atoms with E-state index in [1.54, 1.807) is 18.5 Å². The Hall–Kier alpha value is -1.70. The van der Waals surface area contributed by atoms with Gasteiger partial charge in [-0.1, -0.05) is 6.07 Å². The van der Waals surface area contributed by atoms with E-state index < -0.39 is 10.0 Å². The number of aromatic amines is 1. The monoisotopic (exact) mass is 308 g/mol. The fourth-order valence-electron chi connectivity index (χ4n) is 2.18. The van der Waals surface area contributed by atoms with Crippen LogP contribution in [0.1, 0.15) is 22.3 Å². The molecule has 6 nitrogen and oxygen atoms in total. The predicted octanol–water partition coefficient (Wildman–Crippen LogP) is 1.22. The summed E-state index contributed by atoms with van der Waals surface area (Å²) in [5.74, 6) is 0. The lowest BCUT2D eigenvalue weighted by Crippen LogP contribution is -2.24. The summed E-state index contributed by atoms with van der Waals surface area (Å²) in [7, 11) is -1.71. The maximum absolute atomic E-state index is 12.5. The molecule has 114 valence electrons. The van der Waals surface area contributed by atoms with Crippen molar-refractivity contribution in [2.24, 2.45) is 0 Å². The molecule has 0 saturated heterocycles. The molecule has 2 rings (SSSR count). The largest absolute Gasteiger partial charge is 0.316 e. The molecule has 1 heterocycles. The van der Waals surface area contributed by atoms with E-state index in [1.807, 2.05) is 27.0 Å². The highest BCUT2D eigenvalue weighted by atomic mass is 32.2. The lowest BCUT2D eigenvalue weighted by atomic mass is 10.1. The fraction of sp³-hybridized carbons (Fsp3) is 0.357. The van der Waals surface area contributed by atoms with E-state index in [2.05, 4.69) is 20.2 Å². The number of benzene rings is 1. The van der Waals surface area contributed by atoms with Gasteiger partial charge in [0.05, 0.1) is 11.1 Å². The van der Waals surface area contributed by atoms with Crippen molar-refractivity contribution in [3.8, 4) is 0 Å². The van der Waals surface area contributed by atoms with Crippen LogP contribution in [0.4, 0.5) is 0 Å². The summed E-state index contributed by atoms with van der Waals surface area (Å²) in [5, 5.41) is 9.50. The van der Waals surface area contributed by atoms with Crippen LogP contribution in [0.2, 0.25) is 0 Å². The Kier molecular flexibility index (Phi) is 4.76. The SMILES string of the molecule is CNCc1cc(S(=O)(=O)NCc2cn[nH]c2)c(C)cc1C. The van der Waals surface area contributed by atoms with Crippen molar-refractivity contribution in [3.05, 3.63) is 46.8 Å². The van der Waals surface area contributed by atoms with Gasteiger partial charge in [-0.2, -0.15) is 5.10 Å². The number of aromatic nitrogens is 2. The van der Waals surface area contributed by atoms with Gasteiger partial charge in [-0.25, -0.2) is 13.1 Å². The van der Waals surface area contributed by atoms with Gasteiger partial charge in [-0.3, -0.25) is 5.10 Å². The van der Waals surface area contributed by atoms with Gasteiger partial charge in [0.2, 0.25) is 10.0 Å². The molecule has 0 aliphatic rings. The number of H-pyrrole nitrogens is 1. The number of nitrogens with one attached hydrogen (secondary N) is 3. The maximum Gasteiger partial charge on any atom is 0.241 e. The molecule has 7 heteroatoms. The third-order valence-electron chi connectivity index (χ3n) is 3.31. The van der Waals surface area contributed by atoms with Gasteiger partial charge in [0.25, 0.3) is 0 Å². The number of nitrogens with zero attached hydrogens (tertiary/aromatic N) is 1. The molecule has 0 atom stereocenters. The van der Waals surface area contributed by atoms with Crippen LogP contribution < -0.4 is 10.0 Å². The van der Waals surface area contributed by atoms with Crippen molar-refractivity contribution in [1.29, 1.82) is 0 Å². The average Bonchev–Trinajstić information content (AvgIpc) is 2.93. The molecule has 2 aromatic rings. The molecule has 0 radical (unpaired) electrons. The van der Waals surface area contributed by atoms with E-state index in [0.717, 1.165) is 22.3 Å². The predicted molar refractivity (Wildman–Crippen MR) is 81.3 cm³/mol. The molecule has 0 spiro atoms. The van der Waals surface area contributed by atoms with E-state index in [4.69, 9.17) is 0 Å². The normalized spacial score (nSPS) is 11.8. The van der Waals surface area contributed by atoms with Crippen LogP contribution >= 0.6 is 0 Å². The molecule has 0 aliphatic carbocycles. The zero-order chi connectivity index (χ0) is 15.5. The minimum Gasteiger partial charge on any atom is -0.316 e. The highest BCUT2D eigenvalue weighted by Crippen LogP contribution is 2.20. The zero-order valence-electron chi connectivity index (χ0n) is 12.4. The Morgan fingerprint density at radius 1 is 1.19 bits per heavy atom. The van der Waals surface area contributed by atoms with E-state index >= 15 is 0 Å². The summed E-state index contributed by atoms with van der Waals surface area (Å²) in [6.07, 6.45) is 3.26. The fourth-order valence-corrected chi connectivity index (χ4v) is 3.47. The van der Waals surface area contributed by atoms with Crippen molar-refractivity contribution in [1.82, 2.24) is 20.2 Å². The Morgan fingerprint density at radius 3 is 2.57 bits per heavy atom. The second kappa shape index (κ2) is 6.38. The third-order valence-corrected chi connectivity index (χ3v) is 4.85. The van der Waals surface area contributed by atoms with Gasteiger partial charge < -0.3 is 5.32 Å². The first-order valence-corrected chi connectivity index (χ1v) is 8.14. The molecule has 0 saturated carbocycles. The second-order valence-corrected chi connectivity index (χ2v) is 6.74. The zero-order valence-corrected chi connectivity index (χ0v) is 13.2. The number of aryl methyl sites for hydroxylation is 2. The van der Waals surface area contributed by atoms with Gasteiger partial charge in [-0.15, -0.1) is 0 Å². The van der Waals surface area contributed by atoms with Gasteiger partial charge in [-0.05, 0) is 43.7 Å². The van der Waals surface area contributed by atoms with Crippen LogP contribution in [0.15, 0.2) is 29.4 Å². The first-order chi connectivity index (χ1) is 9.94. The summed E-state index contributed by atoms with van der Waals surface area (Å²) in [4.78, 5) is 0.321. The van der Waals surface area contributed by atoms with Gasteiger partial charge >= 0.3 is 0 Å². The summed E-state index contributed by atoms with van der Waals surface area (Å²) in [6.45, 7) is 4.64. The van der Waals surface area contributed by atoms with Crippen molar-refractivity contribution < 1.29 is 8.42 Å². The van der Waals surface area contributed by atoms with E-state index in [0.29, 0.717) is 11.4 Å². The molecule has 0 unspecified atom stereocenters. The Balaban J connectivity index is 2.28. The number of sulfonamides is 1. The van der Waals surface area contributed by atoms with E-state index in [-0.39, 0.29) is 6.54 Å². The molecule has 21 heavy (non-hydrogen) atoms. The first-order valence-electron chi connectivity index (χ1n) is 6.66. The van der Waals surface area contributed by atoms with Gasteiger partial charge in [0, 0.05) is 24.8 Å². The van der Waals surface area contributed by atoms with Crippen LogP contribution in [0.3, 0.4) is 0 Å². The second-order valence-electron chi connectivity index (χ2n) is 5.01. The Bertz CT molecular complexity index is 709. The minimum atomic E-state index is -3.54. The molecule has 1 aromatic heterocycles. The highest BCUT2D eigenvalue weighted by Gasteiger charge is 2.18. The van der Waals surface area contributed by atoms with Crippen molar-refractivity contribution in [2.45, 2.75) is 31.8 Å². The Labute approximate surface area is 125 Å². The quantitative estimate of drug-likeness (QED) is 0.749. The summed E-state index contributed by atoms with van der Waals surface area (Å²) < 4.78 is 27.5. The van der Waals surface area contributed by atoms with E-state index in [9.17, 15) is 8.42 Å². The van der Waals surface area contributed by atoms with Crippen LogP contribution in [-0.4, -0.2) is 25.7 Å². The highest BCUT2D eigenvalue weighted by molar-refractivity contribution is 7.89. The number of rotatable bonds is 6. The molecule has 1 aromatic carbocycles. The maximum atomic E-state index is 12.5. The summed E-state index contributed by atoms with van der Waals surface area (Å²) in [6, 6.07) is 3.64. The van der Waals surface area contributed by atoms with Crippen LogP contribution in [0.25, 0.3) is 0 Å². The van der Waals surface area contributed by atoms with Gasteiger partial charge in [0.15, 0.2) is 0 Å². The van der Waals surface area contributed by atoms with Crippen molar-refractivity contribution in [2.75, 3.05) is 7.05 Å². The number of hydrogen-bond acceptors (Lipinski definition) is 4. The van der Waals surface area contributed by atoms with Crippen LogP contribution in [0.5, 0.6) is 0 Å². The molecular formula is C14H20N4O2S. The Morgan fingerprint density at radius 2 is 1.95 bits per heavy atom. The standard InChI is InChI=1S/C14H20N4O2S/c1-10-4-11(2)14(5-13(10)9-15-3)21(19,20)18-8-12-6-16-17-7-12/h4-7,15,18H,8-9H2,1-3H3,(H,16,17). The minimum absolute atomic E-state index is 0.216. The smallest absolute Gasteiger partial charge is 0.241 e. The topological polar surface area (TPSA) is 86.9 Å². The third kappa shape index (κ3) is 3.69. The van der Waals surface area contributed by atoms with Crippen molar-refractivity contribution in [3.63, 3.8) is 0 Å². The van der Waals surface area contributed by atoms with Gasteiger partial charge in [0.1, 0.15) is 0 Å². The first kappa shape index (κ1) is 15.7. The van der Waals surface area contributed by atoms with E-state index in [1.165, 1.54) is 0 Å². The number of hydrogen-bond donors (Lipinski definition) is 3. The molecule has 0 bridgehead atoms. The molecular weight excluding hydrogens is 288 g/mol. The summed E-state index contributed by atoms with van der Waals surface area (Å²) in [5.41, 5.74) is 3.59. The van der Waals surface area contributed by atoms with Crippen molar-refractivity contribution >= 4 is 10.0 Å². The lowest BCUT2D eigenvalue weighted by Gasteiger charge is -2.13. The molecule has 3 N–H and O–H groups in total. The molecule has 0 amide bonds. The lowest BCUT2D eigenvalue weighted by molar-refractivity contribution is 0.580.